The molecular weight excluding hydrogens is 240 g/mol. The van der Waals surface area contributed by atoms with Gasteiger partial charge in [0.2, 0.25) is 0 Å². The van der Waals surface area contributed by atoms with Crippen molar-refractivity contribution in [3.8, 4) is 0 Å². The monoisotopic (exact) mass is 254 g/mol. The summed E-state index contributed by atoms with van der Waals surface area (Å²) in [6, 6.07) is 0. The van der Waals surface area contributed by atoms with Crippen LogP contribution < -0.4 is 0 Å². The van der Waals surface area contributed by atoms with Crippen LogP contribution in [0.4, 0.5) is 0 Å². The fourth-order valence-electron chi connectivity index (χ4n) is 1.41. The number of hydrogen-bond acceptors (Lipinski definition) is 4. The largest absolute Gasteiger partial charge is 0.480 e. The number of carbonyl (C=O) groups excluding carboxylic acids is 1. The van der Waals surface area contributed by atoms with Gasteiger partial charge in [-0.1, -0.05) is 6.08 Å². The number of aryl methyl sites for hydroxylation is 2. The van der Waals surface area contributed by atoms with Crippen molar-refractivity contribution in [2.24, 2.45) is 0 Å². The number of aromatic nitrogens is 1. The number of carbonyl (C=O) groups is 2. The molecule has 0 aliphatic rings. The Hall–Kier alpha value is -1.69. The average Bonchev–Trinajstić information content (AvgIpc) is 2.55. The molecule has 0 saturated carbocycles. The van der Waals surface area contributed by atoms with Crippen LogP contribution in [0, 0.1) is 13.8 Å². The Morgan fingerprint density at radius 2 is 2.18 bits per heavy atom. The molecule has 0 saturated heterocycles. The Balaban J connectivity index is 2.94. The molecule has 92 valence electrons. The molecule has 0 aromatic carbocycles. The lowest BCUT2D eigenvalue weighted by molar-refractivity contribution is -0.137. The molecule has 0 aliphatic heterocycles. The lowest BCUT2D eigenvalue weighted by atomic mass is 10.3. The quantitative estimate of drug-likeness (QED) is 0.808. The number of rotatable bonds is 5. The van der Waals surface area contributed by atoms with Crippen molar-refractivity contribution in [3.63, 3.8) is 0 Å². The molecule has 0 unspecified atom stereocenters. The molecule has 1 amide bonds. The van der Waals surface area contributed by atoms with Crippen LogP contribution in [0.5, 0.6) is 0 Å². The predicted molar refractivity (Wildman–Crippen MR) is 65.3 cm³/mol. The normalized spacial score (nSPS) is 10.0. The minimum Gasteiger partial charge on any atom is -0.480 e. The molecule has 17 heavy (non-hydrogen) atoms. The van der Waals surface area contributed by atoms with E-state index in [-0.39, 0.29) is 19.0 Å². The zero-order valence-corrected chi connectivity index (χ0v) is 10.6. The van der Waals surface area contributed by atoms with Crippen LogP contribution in [0.25, 0.3) is 0 Å². The third kappa shape index (κ3) is 3.39. The number of thiazole rings is 1. The summed E-state index contributed by atoms with van der Waals surface area (Å²) in [6.07, 6.45) is 1.50. The summed E-state index contributed by atoms with van der Waals surface area (Å²) in [5, 5.41) is 9.53. The summed E-state index contributed by atoms with van der Waals surface area (Å²) in [5.74, 6) is -1.35. The van der Waals surface area contributed by atoms with E-state index in [0.29, 0.717) is 10.6 Å². The summed E-state index contributed by atoms with van der Waals surface area (Å²) < 4.78 is 0. The van der Waals surface area contributed by atoms with Gasteiger partial charge < -0.3 is 10.0 Å². The number of carboxylic acids is 1. The summed E-state index contributed by atoms with van der Waals surface area (Å²) in [5.41, 5.74) is 0.636. The van der Waals surface area contributed by atoms with Gasteiger partial charge in [-0.3, -0.25) is 9.59 Å². The summed E-state index contributed by atoms with van der Waals surface area (Å²) in [4.78, 5) is 28.6. The third-order valence-electron chi connectivity index (χ3n) is 2.06. The molecule has 1 rings (SSSR count). The maximum atomic E-state index is 12.1. The van der Waals surface area contributed by atoms with E-state index in [9.17, 15) is 9.59 Å². The number of aliphatic carboxylic acids is 1. The SMILES string of the molecule is C=CCN(CC(=O)O)C(=O)c1sc(C)nc1C. The third-order valence-corrected chi connectivity index (χ3v) is 3.12. The highest BCUT2D eigenvalue weighted by atomic mass is 32.1. The number of hydrogen-bond donors (Lipinski definition) is 1. The zero-order valence-electron chi connectivity index (χ0n) is 9.77. The van der Waals surface area contributed by atoms with Gasteiger partial charge in [-0.25, -0.2) is 4.98 Å². The highest BCUT2D eigenvalue weighted by Crippen LogP contribution is 2.19. The van der Waals surface area contributed by atoms with Crippen molar-refractivity contribution in [2.45, 2.75) is 13.8 Å². The molecule has 0 atom stereocenters. The zero-order chi connectivity index (χ0) is 13.0. The standard InChI is InChI=1S/C11H14N2O3S/c1-4-5-13(6-9(14)15)11(16)10-7(2)12-8(3)17-10/h4H,1,5-6H2,2-3H3,(H,14,15). The van der Waals surface area contributed by atoms with Crippen LogP contribution in [0.1, 0.15) is 20.4 Å². The van der Waals surface area contributed by atoms with Crippen LogP contribution >= 0.6 is 11.3 Å². The predicted octanol–water partition coefficient (Wildman–Crippen LogP) is 1.47. The first-order chi connectivity index (χ1) is 7.95. The van der Waals surface area contributed by atoms with Gasteiger partial charge in [-0.2, -0.15) is 0 Å². The van der Waals surface area contributed by atoms with Crippen LogP contribution in [0.3, 0.4) is 0 Å². The van der Waals surface area contributed by atoms with E-state index in [1.807, 2.05) is 6.92 Å². The Labute approximate surface area is 103 Å². The van der Waals surface area contributed by atoms with Crippen LogP contribution in [0.15, 0.2) is 12.7 Å². The van der Waals surface area contributed by atoms with Gasteiger partial charge in [0, 0.05) is 6.54 Å². The van der Waals surface area contributed by atoms with E-state index in [1.165, 1.54) is 22.3 Å². The van der Waals surface area contributed by atoms with Gasteiger partial charge in [0.25, 0.3) is 5.91 Å². The second-order valence-electron chi connectivity index (χ2n) is 3.52. The van der Waals surface area contributed by atoms with Crippen molar-refractivity contribution in [3.05, 3.63) is 28.2 Å². The molecule has 0 radical (unpaired) electrons. The molecule has 0 aliphatic carbocycles. The van der Waals surface area contributed by atoms with Gasteiger partial charge in [0.15, 0.2) is 0 Å². The minimum absolute atomic E-state index is 0.210. The van der Waals surface area contributed by atoms with Gasteiger partial charge in [-0.05, 0) is 13.8 Å². The van der Waals surface area contributed by atoms with E-state index in [1.54, 1.807) is 6.92 Å². The maximum absolute atomic E-state index is 12.1. The summed E-state index contributed by atoms with van der Waals surface area (Å²) in [6.45, 7) is 6.94. The average molecular weight is 254 g/mol. The van der Waals surface area contributed by atoms with Gasteiger partial charge in [0.1, 0.15) is 11.4 Å². The van der Waals surface area contributed by atoms with E-state index < -0.39 is 5.97 Å². The highest BCUT2D eigenvalue weighted by molar-refractivity contribution is 7.13. The molecule has 1 aromatic heterocycles. The molecule has 1 heterocycles. The smallest absolute Gasteiger partial charge is 0.323 e. The van der Waals surface area contributed by atoms with Crippen molar-refractivity contribution in [1.82, 2.24) is 9.88 Å². The number of nitrogens with zero attached hydrogens (tertiary/aromatic N) is 2. The molecule has 1 N–H and O–H groups in total. The first-order valence-electron chi connectivity index (χ1n) is 5.01. The minimum atomic E-state index is -1.04. The molecule has 1 aromatic rings. The Kier molecular flexibility index (Phi) is 4.39. The van der Waals surface area contributed by atoms with Crippen molar-refractivity contribution in [2.75, 3.05) is 13.1 Å². The maximum Gasteiger partial charge on any atom is 0.323 e. The summed E-state index contributed by atoms with van der Waals surface area (Å²) >= 11 is 1.27. The molecule has 6 heteroatoms. The molecule has 0 spiro atoms. The molecule has 0 fully saturated rings. The van der Waals surface area contributed by atoms with E-state index in [0.717, 1.165) is 5.01 Å². The van der Waals surface area contributed by atoms with E-state index in [2.05, 4.69) is 11.6 Å². The lowest BCUT2D eigenvalue weighted by Crippen LogP contribution is -2.35. The summed E-state index contributed by atoms with van der Waals surface area (Å²) in [7, 11) is 0. The lowest BCUT2D eigenvalue weighted by Gasteiger charge is -2.17. The first-order valence-corrected chi connectivity index (χ1v) is 5.83. The van der Waals surface area contributed by atoms with Crippen molar-refractivity contribution in [1.29, 1.82) is 0 Å². The number of amides is 1. The fraction of sp³-hybridized carbons (Fsp3) is 0.364. The van der Waals surface area contributed by atoms with Crippen molar-refractivity contribution >= 4 is 23.2 Å². The Morgan fingerprint density at radius 1 is 1.53 bits per heavy atom. The number of carboxylic acid groups (broad SMARTS) is 1. The Morgan fingerprint density at radius 3 is 2.59 bits per heavy atom. The second kappa shape index (κ2) is 5.58. The van der Waals surface area contributed by atoms with Crippen LogP contribution in [-0.4, -0.2) is 40.0 Å². The van der Waals surface area contributed by atoms with Crippen LogP contribution in [-0.2, 0) is 4.79 Å². The first kappa shape index (κ1) is 13.4. The highest BCUT2D eigenvalue weighted by Gasteiger charge is 2.21. The second-order valence-corrected chi connectivity index (χ2v) is 4.72. The van der Waals surface area contributed by atoms with Gasteiger partial charge in [-0.15, -0.1) is 17.9 Å². The van der Waals surface area contributed by atoms with Gasteiger partial charge >= 0.3 is 5.97 Å². The molecule has 0 bridgehead atoms. The molecule has 5 nitrogen and oxygen atoms in total. The van der Waals surface area contributed by atoms with E-state index >= 15 is 0 Å². The van der Waals surface area contributed by atoms with Crippen LogP contribution in [0.2, 0.25) is 0 Å². The molecular formula is C11H14N2O3S. The fourth-order valence-corrected chi connectivity index (χ4v) is 2.30. The van der Waals surface area contributed by atoms with Gasteiger partial charge in [0.05, 0.1) is 10.7 Å². The van der Waals surface area contributed by atoms with E-state index in [4.69, 9.17) is 5.11 Å². The Bertz CT molecular complexity index is 454. The topological polar surface area (TPSA) is 70.5 Å². The van der Waals surface area contributed by atoms with Crippen molar-refractivity contribution < 1.29 is 14.7 Å².